The minimum Gasteiger partial charge on any atom is -0.497 e. The molecule has 3 aromatic rings. The summed E-state index contributed by atoms with van der Waals surface area (Å²) in [6, 6.07) is 19.1. The molecule has 0 radical (unpaired) electrons. The van der Waals surface area contributed by atoms with Crippen LogP contribution in [-0.2, 0) is 6.54 Å². The number of ether oxygens (including phenoxy) is 2. The van der Waals surface area contributed by atoms with Crippen molar-refractivity contribution < 1.29 is 14.3 Å². The summed E-state index contributed by atoms with van der Waals surface area (Å²) in [5.41, 5.74) is 3.14. The van der Waals surface area contributed by atoms with E-state index in [9.17, 15) is 4.79 Å². The Bertz CT molecular complexity index is 991. The van der Waals surface area contributed by atoms with Gasteiger partial charge in [0.2, 0.25) is 0 Å². The minimum atomic E-state index is -0.397. The number of fused-ring (bicyclic) bond motifs is 1. The highest BCUT2D eigenvalue weighted by Gasteiger charge is 2.38. The average molecular weight is 375 g/mol. The van der Waals surface area contributed by atoms with Crippen molar-refractivity contribution in [2.24, 2.45) is 0 Å². The molecule has 2 aromatic carbocycles. The van der Waals surface area contributed by atoms with Gasteiger partial charge in [-0.25, -0.2) is 0 Å². The third kappa shape index (κ3) is 3.24. The van der Waals surface area contributed by atoms with Crippen LogP contribution in [0.1, 0.15) is 27.8 Å². The molecule has 0 spiro atoms. The summed E-state index contributed by atoms with van der Waals surface area (Å²) in [6.07, 6.45) is 1.31. The van der Waals surface area contributed by atoms with Crippen molar-refractivity contribution in [1.29, 1.82) is 0 Å². The Labute approximate surface area is 163 Å². The summed E-state index contributed by atoms with van der Waals surface area (Å²) in [5, 5.41) is 3.43. The molecule has 142 valence electrons. The molecule has 1 atom stereocenters. The van der Waals surface area contributed by atoms with E-state index in [2.05, 4.69) is 10.3 Å². The summed E-state index contributed by atoms with van der Waals surface area (Å²) in [5.74, 6) is 1.29. The average Bonchev–Trinajstić information content (AvgIpc) is 3.01. The van der Waals surface area contributed by atoms with Gasteiger partial charge in [0, 0.05) is 18.8 Å². The number of nitrogens with zero attached hydrogens (tertiary/aromatic N) is 2. The summed E-state index contributed by atoms with van der Waals surface area (Å²) in [4.78, 5) is 19.3. The molecule has 0 unspecified atom stereocenters. The van der Waals surface area contributed by atoms with Gasteiger partial charge in [-0.2, -0.15) is 0 Å². The lowest BCUT2D eigenvalue weighted by Crippen LogP contribution is -2.32. The normalized spacial score (nSPS) is 15.3. The predicted molar refractivity (Wildman–Crippen MR) is 106 cm³/mol. The van der Waals surface area contributed by atoms with Crippen LogP contribution in [0.25, 0.3) is 0 Å². The van der Waals surface area contributed by atoms with E-state index in [4.69, 9.17) is 9.47 Å². The van der Waals surface area contributed by atoms with Crippen molar-refractivity contribution in [1.82, 2.24) is 9.88 Å². The van der Waals surface area contributed by atoms with Crippen molar-refractivity contribution in [2.75, 3.05) is 19.5 Å². The van der Waals surface area contributed by atoms with Gasteiger partial charge in [-0.1, -0.05) is 30.3 Å². The molecule has 6 nitrogen and oxygen atoms in total. The molecule has 4 rings (SSSR count). The highest BCUT2D eigenvalue weighted by molar-refractivity contribution is 5.99. The summed E-state index contributed by atoms with van der Waals surface area (Å²) in [6.45, 7) is 0.478. The van der Waals surface area contributed by atoms with Gasteiger partial charge in [0.15, 0.2) is 0 Å². The molecule has 1 aromatic heterocycles. The standard InChI is InChI=1S/C22H21N3O3/c1-27-16-10-11-18(19(13-16)28-2)24-21-20-17(9-6-12-23-20)22(26)25(21)14-15-7-4-3-5-8-15/h3-13,21,24H,14H2,1-2H3/t21-/m0/s1. The number of hydrogen-bond donors (Lipinski definition) is 1. The molecule has 0 aliphatic carbocycles. The van der Waals surface area contributed by atoms with Crippen LogP contribution in [0.15, 0.2) is 66.9 Å². The monoisotopic (exact) mass is 375 g/mol. The second-order valence-electron chi connectivity index (χ2n) is 6.47. The van der Waals surface area contributed by atoms with Crippen molar-refractivity contribution in [3.63, 3.8) is 0 Å². The number of benzene rings is 2. The minimum absolute atomic E-state index is 0.0445. The number of hydrogen-bond acceptors (Lipinski definition) is 5. The topological polar surface area (TPSA) is 63.7 Å². The second-order valence-corrected chi connectivity index (χ2v) is 6.47. The lowest BCUT2D eigenvalue weighted by Gasteiger charge is -2.27. The first-order valence-corrected chi connectivity index (χ1v) is 8.99. The van der Waals surface area contributed by atoms with Crippen molar-refractivity contribution in [3.8, 4) is 11.5 Å². The number of rotatable bonds is 6. The van der Waals surface area contributed by atoms with E-state index in [0.29, 0.717) is 29.3 Å². The lowest BCUT2D eigenvalue weighted by molar-refractivity contribution is 0.0727. The zero-order chi connectivity index (χ0) is 19.5. The molecule has 1 aliphatic heterocycles. The third-order valence-corrected chi connectivity index (χ3v) is 4.80. The molecular weight excluding hydrogens is 354 g/mol. The first-order chi connectivity index (χ1) is 13.7. The van der Waals surface area contributed by atoms with Gasteiger partial charge < -0.3 is 19.7 Å². The van der Waals surface area contributed by atoms with Crippen LogP contribution in [0.4, 0.5) is 5.69 Å². The van der Waals surface area contributed by atoms with Crippen LogP contribution in [0, 0.1) is 0 Å². The van der Waals surface area contributed by atoms with Crippen LogP contribution in [-0.4, -0.2) is 30.0 Å². The molecule has 1 N–H and O–H groups in total. The molecule has 0 saturated carbocycles. The van der Waals surface area contributed by atoms with Gasteiger partial charge in [0.1, 0.15) is 17.7 Å². The second kappa shape index (κ2) is 7.60. The fraction of sp³-hybridized carbons (Fsp3) is 0.182. The summed E-state index contributed by atoms with van der Waals surface area (Å²) >= 11 is 0. The number of methoxy groups -OCH3 is 2. The van der Waals surface area contributed by atoms with Crippen LogP contribution in [0.3, 0.4) is 0 Å². The number of nitrogens with one attached hydrogen (secondary N) is 1. The van der Waals surface area contributed by atoms with Crippen LogP contribution >= 0.6 is 0 Å². The Hall–Kier alpha value is -3.54. The SMILES string of the molecule is COc1ccc(N[C@@H]2c3ncccc3C(=O)N2Cc2ccccc2)c(OC)c1. The number of carbonyl (C=O) groups is 1. The fourth-order valence-electron chi connectivity index (χ4n) is 3.39. The molecule has 1 aliphatic rings. The van der Waals surface area contributed by atoms with Crippen LogP contribution in [0.5, 0.6) is 11.5 Å². The zero-order valence-corrected chi connectivity index (χ0v) is 15.8. The molecule has 0 saturated heterocycles. The molecule has 2 heterocycles. The summed E-state index contributed by atoms with van der Waals surface area (Å²) in [7, 11) is 3.22. The maximum Gasteiger partial charge on any atom is 0.258 e. The maximum atomic E-state index is 13.1. The van der Waals surface area contributed by atoms with Gasteiger partial charge >= 0.3 is 0 Å². The van der Waals surface area contributed by atoms with E-state index in [1.54, 1.807) is 37.4 Å². The predicted octanol–water partition coefficient (Wildman–Crippen LogP) is 3.87. The lowest BCUT2D eigenvalue weighted by atomic mass is 10.2. The number of aromatic nitrogens is 1. The molecule has 0 bridgehead atoms. The molecular formula is C22H21N3O3. The number of pyridine rings is 1. The molecule has 6 heteroatoms. The highest BCUT2D eigenvalue weighted by Crippen LogP contribution is 2.37. The number of carbonyl (C=O) groups excluding carboxylic acids is 1. The molecule has 0 fully saturated rings. The Morgan fingerprint density at radius 1 is 1.04 bits per heavy atom. The van der Waals surface area contributed by atoms with E-state index >= 15 is 0 Å². The fourth-order valence-corrected chi connectivity index (χ4v) is 3.39. The van der Waals surface area contributed by atoms with Gasteiger partial charge in [0.05, 0.1) is 31.2 Å². The van der Waals surface area contributed by atoms with E-state index in [1.165, 1.54) is 0 Å². The highest BCUT2D eigenvalue weighted by atomic mass is 16.5. The van der Waals surface area contributed by atoms with Gasteiger partial charge in [-0.15, -0.1) is 0 Å². The van der Waals surface area contributed by atoms with Gasteiger partial charge in [0.25, 0.3) is 5.91 Å². The number of anilines is 1. The smallest absolute Gasteiger partial charge is 0.258 e. The van der Waals surface area contributed by atoms with E-state index in [-0.39, 0.29) is 5.91 Å². The van der Waals surface area contributed by atoms with Crippen molar-refractivity contribution >= 4 is 11.6 Å². The van der Waals surface area contributed by atoms with E-state index in [1.807, 2.05) is 48.5 Å². The quantitative estimate of drug-likeness (QED) is 0.709. The summed E-state index contributed by atoms with van der Waals surface area (Å²) < 4.78 is 10.8. The Balaban J connectivity index is 1.70. The van der Waals surface area contributed by atoms with Crippen molar-refractivity contribution in [2.45, 2.75) is 12.7 Å². The zero-order valence-electron chi connectivity index (χ0n) is 15.8. The first-order valence-electron chi connectivity index (χ1n) is 8.99. The molecule has 1 amide bonds. The van der Waals surface area contributed by atoms with Gasteiger partial charge in [-0.3, -0.25) is 9.78 Å². The number of amides is 1. The molecule has 28 heavy (non-hydrogen) atoms. The Kier molecular flexibility index (Phi) is 4.85. The third-order valence-electron chi connectivity index (χ3n) is 4.80. The van der Waals surface area contributed by atoms with E-state index < -0.39 is 6.17 Å². The van der Waals surface area contributed by atoms with E-state index in [0.717, 1.165) is 11.3 Å². The van der Waals surface area contributed by atoms with Gasteiger partial charge in [-0.05, 0) is 29.8 Å². The Morgan fingerprint density at radius 2 is 1.86 bits per heavy atom. The Morgan fingerprint density at radius 3 is 2.61 bits per heavy atom. The van der Waals surface area contributed by atoms with Crippen molar-refractivity contribution in [3.05, 3.63) is 83.7 Å². The van der Waals surface area contributed by atoms with Crippen LogP contribution < -0.4 is 14.8 Å². The maximum absolute atomic E-state index is 13.1. The first kappa shape index (κ1) is 17.9. The van der Waals surface area contributed by atoms with Crippen LogP contribution in [0.2, 0.25) is 0 Å². The largest absolute Gasteiger partial charge is 0.497 e.